The van der Waals surface area contributed by atoms with Gasteiger partial charge in [0.25, 0.3) is 0 Å². The number of benzene rings is 1. The summed E-state index contributed by atoms with van der Waals surface area (Å²) in [4.78, 5) is 4.75. The smallest absolute Gasteiger partial charge is 0.0900 e. The van der Waals surface area contributed by atoms with Gasteiger partial charge in [-0.25, -0.2) is 0 Å². The van der Waals surface area contributed by atoms with Crippen LogP contribution in [0.2, 0.25) is 5.02 Å². The van der Waals surface area contributed by atoms with Gasteiger partial charge in [-0.05, 0) is 74.5 Å². The number of nitrogens with zero attached hydrogens (tertiary/aromatic N) is 2. The predicted molar refractivity (Wildman–Crippen MR) is 113 cm³/mol. The van der Waals surface area contributed by atoms with Gasteiger partial charge < -0.3 is 14.7 Å². The largest absolute Gasteiger partial charge is 0.389 e. The molecular weight excluding hydrogens is 372 g/mol. The Bertz CT molecular complexity index is 654. The molecule has 6 rings (SSSR count). The number of rotatable bonds is 6. The molecule has 0 spiro atoms. The Hall–Kier alpha value is -0.810. The fourth-order valence-electron chi connectivity index (χ4n) is 6.69. The van der Waals surface area contributed by atoms with E-state index < -0.39 is 0 Å². The summed E-state index contributed by atoms with van der Waals surface area (Å²) in [5.74, 6) is 2.67. The molecule has 0 aromatic heterocycles. The second-order valence-corrected chi connectivity index (χ2v) is 10.3. The Kier molecular flexibility index (Phi) is 5.33. The average molecular weight is 405 g/mol. The van der Waals surface area contributed by atoms with Gasteiger partial charge in [-0.15, -0.1) is 0 Å². The molecule has 0 amide bonds. The molecule has 154 valence electrons. The lowest BCUT2D eigenvalue weighted by Crippen LogP contribution is -2.53. The summed E-state index contributed by atoms with van der Waals surface area (Å²) < 4.78 is 6.45. The van der Waals surface area contributed by atoms with E-state index in [1.165, 1.54) is 44.2 Å². The van der Waals surface area contributed by atoms with E-state index in [-0.39, 0.29) is 11.7 Å². The third-order valence-electron chi connectivity index (χ3n) is 7.58. The summed E-state index contributed by atoms with van der Waals surface area (Å²) >= 11 is 6.12. The van der Waals surface area contributed by atoms with Gasteiger partial charge in [0.15, 0.2) is 0 Å². The predicted octanol–water partition coefficient (Wildman–Crippen LogP) is 3.81. The van der Waals surface area contributed by atoms with Crippen molar-refractivity contribution in [2.45, 2.75) is 50.2 Å². The van der Waals surface area contributed by atoms with Crippen LogP contribution in [0.1, 0.15) is 38.5 Å². The van der Waals surface area contributed by atoms with E-state index in [0.29, 0.717) is 6.61 Å². The Balaban J connectivity index is 1.08. The Morgan fingerprint density at radius 2 is 1.68 bits per heavy atom. The van der Waals surface area contributed by atoms with Crippen molar-refractivity contribution in [1.82, 2.24) is 4.90 Å². The van der Waals surface area contributed by atoms with Crippen molar-refractivity contribution in [2.75, 3.05) is 44.2 Å². The van der Waals surface area contributed by atoms with Crippen LogP contribution in [-0.2, 0) is 4.74 Å². The van der Waals surface area contributed by atoms with Gasteiger partial charge in [0.2, 0.25) is 0 Å². The van der Waals surface area contributed by atoms with Crippen LogP contribution in [0.15, 0.2) is 24.3 Å². The van der Waals surface area contributed by atoms with Crippen LogP contribution in [0, 0.1) is 17.8 Å². The molecule has 5 aliphatic rings. The Morgan fingerprint density at radius 3 is 2.29 bits per heavy atom. The highest BCUT2D eigenvalue weighted by Crippen LogP contribution is 2.57. The number of aliphatic hydroxyl groups excluding tert-OH is 1. The molecule has 1 atom stereocenters. The Morgan fingerprint density at radius 1 is 1.04 bits per heavy atom. The van der Waals surface area contributed by atoms with Crippen LogP contribution >= 0.6 is 11.6 Å². The van der Waals surface area contributed by atoms with Gasteiger partial charge in [0.1, 0.15) is 0 Å². The zero-order chi connectivity index (χ0) is 19.1. The SMILES string of the molecule is OC(COC12CC3CC(CC(C3)C1)C2)CN1CCN(c2cccc(Cl)c2)CC1. The fourth-order valence-corrected chi connectivity index (χ4v) is 6.88. The van der Waals surface area contributed by atoms with E-state index in [2.05, 4.69) is 15.9 Å². The van der Waals surface area contributed by atoms with E-state index >= 15 is 0 Å². The number of piperazine rings is 1. The van der Waals surface area contributed by atoms with Crippen molar-refractivity contribution in [1.29, 1.82) is 0 Å². The monoisotopic (exact) mass is 404 g/mol. The molecule has 1 aromatic carbocycles. The van der Waals surface area contributed by atoms with E-state index in [0.717, 1.165) is 55.5 Å². The lowest BCUT2D eigenvalue weighted by Gasteiger charge is -2.56. The third kappa shape index (κ3) is 4.07. The lowest BCUT2D eigenvalue weighted by atomic mass is 9.54. The normalized spacial score (nSPS) is 36.1. The van der Waals surface area contributed by atoms with Gasteiger partial charge >= 0.3 is 0 Å². The van der Waals surface area contributed by atoms with E-state index in [4.69, 9.17) is 16.3 Å². The van der Waals surface area contributed by atoms with Crippen molar-refractivity contribution in [3.05, 3.63) is 29.3 Å². The minimum atomic E-state index is -0.384. The number of hydrogen-bond donors (Lipinski definition) is 1. The minimum absolute atomic E-state index is 0.0982. The van der Waals surface area contributed by atoms with Crippen LogP contribution in [0.5, 0.6) is 0 Å². The molecular formula is C23H33ClN2O2. The third-order valence-corrected chi connectivity index (χ3v) is 7.81. The maximum atomic E-state index is 10.6. The molecule has 1 saturated heterocycles. The Labute approximate surface area is 173 Å². The molecule has 1 aromatic rings. The number of β-amino-alcohol motifs (C(OH)–C–C–N with tert-alkyl or cyclic N) is 1. The molecule has 28 heavy (non-hydrogen) atoms. The van der Waals surface area contributed by atoms with Crippen LogP contribution < -0.4 is 4.90 Å². The lowest BCUT2D eigenvalue weighted by molar-refractivity contribution is -0.176. The molecule has 1 aliphatic heterocycles. The summed E-state index contributed by atoms with van der Waals surface area (Å²) in [5.41, 5.74) is 1.29. The molecule has 1 heterocycles. The minimum Gasteiger partial charge on any atom is -0.389 e. The second kappa shape index (κ2) is 7.79. The van der Waals surface area contributed by atoms with Crippen LogP contribution in [0.25, 0.3) is 0 Å². The van der Waals surface area contributed by atoms with Crippen molar-refractivity contribution in [3.63, 3.8) is 0 Å². The highest BCUT2D eigenvalue weighted by atomic mass is 35.5. The van der Waals surface area contributed by atoms with E-state index in [1.54, 1.807) is 0 Å². The molecule has 0 radical (unpaired) electrons. The quantitative estimate of drug-likeness (QED) is 0.782. The summed E-state index contributed by atoms with van der Waals surface area (Å²) in [6.07, 6.45) is 7.63. The van der Waals surface area contributed by atoms with Crippen LogP contribution in [0.3, 0.4) is 0 Å². The number of aliphatic hydroxyl groups is 1. The number of halogens is 1. The fraction of sp³-hybridized carbons (Fsp3) is 0.739. The first-order chi connectivity index (χ1) is 13.6. The molecule has 4 nitrogen and oxygen atoms in total. The van der Waals surface area contributed by atoms with Gasteiger partial charge in [-0.2, -0.15) is 0 Å². The first-order valence-corrected chi connectivity index (χ1v) is 11.5. The van der Waals surface area contributed by atoms with E-state index in [1.807, 2.05) is 18.2 Å². The maximum absolute atomic E-state index is 10.6. The molecule has 1 unspecified atom stereocenters. The number of ether oxygens (including phenoxy) is 1. The molecule has 5 heteroatoms. The van der Waals surface area contributed by atoms with Gasteiger partial charge in [0.05, 0.1) is 18.3 Å². The highest BCUT2D eigenvalue weighted by Gasteiger charge is 2.51. The highest BCUT2D eigenvalue weighted by molar-refractivity contribution is 6.30. The van der Waals surface area contributed by atoms with Gasteiger partial charge in [-0.3, -0.25) is 4.90 Å². The maximum Gasteiger partial charge on any atom is 0.0900 e. The van der Waals surface area contributed by atoms with Gasteiger partial charge in [-0.1, -0.05) is 17.7 Å². The summed E-state index contributed by atoms with van der Waals surface area (Å²) in [7, 11) is 0. The topological polar surface area (TPSA) is 35.9 Å². The number of hydrogen-bond acceptors (Lipinski definition) is 4. The second-order valence-electron chi connectivity index (χ2n) is 9.83. The standard InChI is InChI=1S/C23H33ClN2O2/c24-20-2-1-3-21(11-20)26-6-4-25(5-7-26)15-22(27)16-28-23-12-17-8-18(13-23)10-19(9-17)14-23/h1-3,11,17-19,22,27H,4-10,12-16H2. The van der Waals surface area contributed by atoms with Crippen molar-refractivity contribution >= 4 is 17.3 Å². The zero-order valence-electron chi connectivity index (χ0n) is 16.7. The van der Waals surface area contributed by atoms with Crippen molar-refractivity contribution in [2.24, 2.45) is 17.8 Å². The van der Waals surface area contributed by atoms with Crippen molar-refractivity contribution in [3.8, 4) is 0 Å². The summed E-state index contributed by atoms with van der Waals surface area (Å²) in [5, 5.41) is 11.4. The summed E-state index contributed by atoms with van der Waals surface area (Å²) in [6.45, 7) is 5.12. The van der Waals surface area contributed by atoms with Crippen LogP contribution in [-0.4, -0.2) is 61.0 Å². The zero-order valence-corrected chi connectivity index (χ0v) is 17.5. The molecule has 4 bridgehead atoms. The van der Waals surface area contributed by atoms with Crippen molar-refractivity contribution < 1.29 is 9.84 Å². The average Bonchev–Trinajstić information content (AvgIpc) is 2.66. The first-order valence-electron chi connectivity index (χ1n) is 11.1. The molecule has 1 N–H and O–H groups in total. The molecule has 4 aliphatic carbocycles. The summed E-state index contributed by atoms with van der Waals surface area (Å²) in [6, 6.07) is 8.08. The first kappa shape index (κ1) is 19.2. The van der Waals surface area contributed by atoms with Crippen LogP contribution in [0.4, 0.5) is 5.69 Å². The van der Waals surface area contributed by atoms with Gasteiger partial charge in [0, 0.05) is 43.4 Å². The molecule has 5 fully saturated rings. The molecule has 4 saturated carbocycles. The van der Waals surface area contributed by atoms with E-state index in [9.17, 15) is 5.11 Å². The number of anilines is 1.